The second kappa shape index (κ2) is 11.2. The van der Waals surface area contributed by atoms with E-state index < -0.39 is 11.7 Å². The lowest BCUT2D eigenvalue weighted by Gasteiger charge is -2.28. The van der Waals surface area contributed by atoms with Crippen molar-refractivity contribution in [3.8, 4) is 11.1 Å². The summed E-state index contributed by atoms with van der Waals surface area (Å²) in [5.74, 6) is -0.345. The number of unbranched alkanes of at least 4 members (excludes halogenated alkanes) is 1. The molecule has 0 spiro atoms. The summed E-state index contributed by atoms with van der Waals surface area (Å²) in [7, 11) is 0. The first-order chi connectivity index (χ1) is 16.6. The monoisotopic (exact) mass is 495 g/mol. The number of benzene rings is 2. The largest absolute Gasteiger partial charge is 0.443 e. The van der Waals surface area contributed by atoms with Crippen LogP contribution in [-0.4, -0.2) is 24.1 Å². The zero-order valence-corrected chi connectivity index (χ0v) is 21.5. The first-order valence-electron chi connectivity index (χ1n) is 11.5. The second-order valence-corrected chi connectivity index (χ2v) is 10.1. The van der Waals surface area contributed by atoms with E-state index in [0.29, 0.717) is 34.2 Å². The van der Waals surface area contributed by atoms with Gasteiger partial charge >= 0.3 is 17.1 Å². The third kappa shape index (κ3) is 6.73. The Hall–Kier alpha value is -3.59. The van der Waals surface area contributed by atoms with E-state index in [1.165, 1.54) is 0 Å². The van der Waals surface area contributed by atoms with E-state index in [2.05, 4.69) is 22.4 Å². The summed E-state index contributed by atoms with van der Waals surface area (Å²) in [6.07, 6.45) is 1.29. The Labute approximate surface area is 209 Å². The van der Waals surface area contributed by atoms with Gasteiger partial charge in [0.2, 0.25) is 5.00 Å². The molecule has 0 atom stereocenters. The van der Waals surface area contributed by atoms with Crippen LogP contribution in [0, 0.1) is 11.8 Å². The minimum absolute atomic E-state index is 0.280. The number of anilines is 2. The number of ether oxygens (including phenoxy) is 1. The number of H-pyrrole nitrogens is 1. The van der Waals surface area contributed by atoms with Crippen LogP contribution in [-0.2, 0) is 4.74 Å². The van der Waals surface area contributed by atoms with Gasteiger partial charge in [-0.1, -0.05) is 43.7 Å². The molecule has 0 aliphatic rings. The molecule has 0 fully saturated rings. The lowest BCUT2D eigenvalue weighted by Crippen LogP contribution is -2.37. The van der Waals surface area contributed by atoms with Crippen molar-refractivity contribution < 1.29 is 19.3 Å². The molecule has 8 nitrogen and oxygen atoms in total. The highest BCUT2D eigenvalue weighted by Gasteiger charge is 2.26. The summed E-state index contributed by atoms with van der Waals surface area (Å²) >= 11 is 1.07. The number of hydrogen-bond acceptors (Lipinski definition) is 6. The predicted octanol–water partition coefficient (Wildman–Crippen LogP) is 6.73. The first kappa shape index (κ1) is 26.0. The zero-order chi connectivity index (χ0) is 25.6. The number of nitrogens with zero attached hydrogens (tertiary/aromatic N) is 2. The fourth-order valence-electron chi connectivity index (χ4n) is 3.45. The summed E-state index contributed by atoms with van der Waals surface area (Å²) in [6, 6.07) is 14.8. The Morgan fingerprint density at radius 2 is 1.86 bits per heavy atom. The molecule has 3 rings (SSSR count). The Balaban J connectivity index is 2.02. The van der Waals surface area contributed by atoms with Crippen molar-refractivity contribution in [2.24, 2.45) is 5.18 Å². The molecule has 0 radical (unpaired) electrons. The molecule has 0 saturated heterocycles. The van der Waals surface area contributed by atoms with Gasteiger partial charge in [-0.25, -0.2) is 14.6 Å². The highest BCUT2D eigenvalue weighted by molar-refractivity contribution is 7.19. The molecule has 184 valence electrons. The van der Waals surface area contributed by atoms with Gasteiger partial charge in [0, 0.05) is 19.2 Å². The van der Waals surface area contributed by atoms with Gasteiger partial charge in [0.15, 0.2) is 0 Å². The molecule has 1 aromatic heterocycles. The quantitative estimate of drug-likeness (QED) is 0.350. The molecular weight excluding hydrogens is 464 g/mol. The Morgan fingerprint density at radius 3 is 2.46 bits per heavy atom. The van der Waals surface area contributed by atoms with Crippen LogP contribution >= 0.6 is 11.3 Å². The molecule has 0 aliphatic carbocycles. The molecule has 0 unspecified atom stereocenters. The maximum atomic E-state index is 13.3. The minimum Gasteiger partial charge on any atom is -0.443 e. The molecule has 0 aliphatic heterocycles. The van der Waals surface area contributed by atoms with Crippen LogP contribution in [0.2, 0.25) is 0 Å². The number of nitroso groups, excluding NO2 is 1. The van der Waals surface area contributed by atoms with Crippen LogP contribution in [0.4, 0.5) is 20.6 Å². The molecule has 2 aromatic carbocycles. The summed E-state index contributed by atoms with van der Waals surface area (Å²) in [6.45, 7) is 9.78. The number of nitrogens with one attached hydrogen (secondary N) is 2. The van der Waals surface area contributed by atoms with Crippen molar-refractivity contribution >= 4 is 39.2 Å². The Kier molecular flexibility index (Phi) is 8.34. The average molecular weight is 496 g/mol. The molecule has 2 amide bonds. The smallest absolute Gasteiger partial charge is 0.414 e. The number of rotatable bonds is 8. The molecule has 0 bridgehead atoms. The van der Waals surface area contributed by atoms with Gasteiger partial charge in [-0.15, -0.1) is 4.91 Å². The van der Waals surface area contributed by atoms with Crippen molar-refractivity contribution in [3.05, 3.63) is 64.7 Å². The number of thiazole rings is 1. The SMILES string of the molecule is CCCCN(C(=O)OC(C)(C)C)c1ccc(C(=O)Nc2[nH+]c(C)c(N=O)s2)c(-c2ccccc2)c1. The van der Waals surface area contributed by atoms with Crippen LogP contribution in [0.25, 0.3) is 11.1 Å². The van der Waals surface area contributed by atoms with Crippen molar-refractivity contribution in [1.82, 2.24) is 0 Å². The number of aryl methyl sites for hydroxylation is 1. The normalized spacial score (nSPS) is 11.1. The number of carbonyl (C=O) groups is 2. The second-order valence-electron chi connectivity index (χ2n) is 9.11. The molecule has 0 saturated carbocycles. The average Bonchev–Trinajstić information content (AvgIpc) is 3.17. The van der Waals surface area contributed by atoms with Gasteiger partial charge in [0.25, 0.3) is 0 Å². The lowest BCUT2D eigenvalue weighted by atomic mass is 9.98. The van der Waals surface area contributed by atoms with Gasteiger partial charge in [-0.05, 0) is 73.0 Å². The van der Waals surface area contributed by atoms with Crippen molar-refractivity contribution in [3.63, 3.8) is 0 Å². The summed E-state index contributed by atoms with van der Waals surface area (Å²) in [5.41, 5.74) is 2.54. The number of carbonyl (C=O) groups excluding carboxylic acids is 2. The van der Waals surface area contributed by atoms with Gasteiger partial charge in [-0.3, -0.25) is 4.90 Å². The minimum atomic E-state index is -0.631. The molecule has 3 aromatic rings. The highest BCUT2D eigenvalue weighted by atomic mass is 32.1. The Morgan fingerprint density at radius 1 is 1.14 bits per heavy atom. The van der Waals surface area contributed by atoms with E-state index in [4.69, 9.17) is 4.74 Å². The van der Waals surface area contributed by atoms with Crippen LogP contribution in [0.15, 0.2) is 53.7 Å². The Bertz CT molecular complexity index is 1200. The first-order valence-corrected chi connectivity index (χ1v) is 12.3. The topological polar surface area (TPSA) is 102 Å². The van der Waals surface area contributed by atoms with Crippen LogP contribution in [0.3, 0.4) is 0 Å². The third-order valence-electron chi connectivity index (χ3n) is 5.12. The number of aromatic amines is 1. The molecule has 2 N–H and O–H groups in total. The summed E-state index contributed by atoms with van der Waals surface area (Å²) in [4.78, 5) is 41.8. The maximum absolute atomic E-state index is 13.3. The van der Waals surface area contributed by atoms with Crippen LogP contribution in [0.5, 0.6) is 0 Å². The van der Waals surface area contributed by atoms with Crippen molar-refractivity contribution in [2.75, 3.05) is 16.8 Å². The van der Waals surface area contributed by atoms with Crippen molar-refractivity contribution in [1.29, 1.82) is 0 Å². The molecule has 35 heavy (non-hydrogen) atoms. The third-order valence-corrected chi connectivity index (χ3v) is 6.11. The number of hydrogen-bond donors (Lipinski definition) is 1. The van der Waals surface area contributed by atoms with E-state index in [-0.39, 0.29) is 10.9 Å². The highest BCUT2D eigenvalue weighted by Crippen LogP contribution is 2.32. The molecule has 1 heterocycles. The summed E-state index contributed by atoms with van der Waals surface area (Å²) in [5, 5.41) is 6.49. The van der Waals surface area contributed by atoms with Crippen LogP contribution < -0.4 is 15.2 Å². The molecule has 9 heteroatoms. The van der Waals surface area contributed by atoms with E-state index in [0.717, 1.165) is 29.7 Å². The fourth-order valence-corrected chi connectivity index (χ4v) is 4.23. The van der Waals surface area contributed by atoms with Gasteiger partial charge in [0.1, 0.15) is 11.3 Å². The van der Waals surface area contributed by atoms with Gasteiger partial charge < -0.3 is 4.74 Å². The maximum Gasteiger partial charge on any atom is 0.414 e. The predicted molar refractivity (Wildman–Crippen MR) is 139 cm³/mol. The van der Waals surface area contributed by atoms with Gasteiger partial charge in [0.05, 0.1) is 5.56 Å². The molecular formula is C26H31N4O4S+. The fraction of sp³-hybridized carbons (Fsp3) is 0.346. The van der Waals surface area contributed by atoms with E-state index >= 15 is 0 Å². The van der Waals surface area contributed by atoms with E-state index in [1.807, 2.05) is 57.2 Å². The number of aromatic nitrogens is 1. The van der Waals surface area contributed by atoms with Crippen molar-refractivity contribution in [2.45, 2.75) is 53.1 Å². The zero-order valence-electron chi connectivity index (χ0n) is 20.7. The van der Waals surface area contributed by atoms with E-state index in [9.17, 15) is 14.5 Å². The lowest BCUT2D eigenvalue weighted by molar-refractivity contribution is -0.363. The summed E-state index contributed by atoms with van der Waals surface area (Å²) < 4.78 is 5.65. The number of amides is 2. The van der Waals surface area contributed by atoms with E-state index in [1.54, 1.807) is 24.0 Å². The standard InChI is InChI=1S/C26H30N4O4S/c1-6-7-15-30(25(32)34-26(3,4)5)19-13-14-20(21(16-19)18-11-9-8-10-12-18)22(31)28-24-27-17(2)23(29-33)35-24/h8-14,16H,6-7,15H2,1-5H3,(H,27,28,31)/p+1. The van der Waals surface area contributed by atoms with Gasteiger partial charge in [-0.2, -0.15) is 5.32 Å². The van der Waals surface area contributed by atoms with Crippen LogP contribution in [0.1, 0.15) is 56.6 Å².